The molecule has 1 aliphatic rings. The minimum absolute atomic E-state index is 0.514. The number of benzene rings is 1. The molecule has 1 aromatic carbocycles. The zero-order valence-electron chi connectivity index (χ0n) is 12.5. The Morgan fingerprint density at radius 1 is 1.30 bits per heavy atom. The van der Waals surface area contributed by atoms with Gasteiger partial charge in [0.15, 0.2) is 0 Å². The van der Waals surface area contributed by atoms with E-state index in [1.807, 2.05) is 23.7 Å². The van der Waals surface area contributed by atoms with E-state index in [4.69, 9.17) is 5.53 Å². The summed E-state index contributed by atoms with van der Waals surface area (Å²) >= 11 is 1.51. The molecule has 116 valence electrons. The third-order valence-corrected chi connectivity index (χ3v) is 4.33. The van der Waals surface area contributed by atoms with E-state index in [9.17, 15) is 0 Å². The third kappa shape index (κ3) is 4.18. The van der Waals surface area contributed by atoms with Gasteiger partial charge in [0, 0.05) is 27.8 Å². The number of allylic oxidation sites excluding steroid dienone is 2. The van der Waals surface area contributed by atoms with E-state index in [1.165, 1.54) is 11.3 Å². The van der Waals surface area contributed by atoms with Gasteiger partial charge in [0.1, 0.15) is 0 Å². The fourth-order valence-electron chi connectivity index (χ4n) is 2.36. The number of hydrogen-bond acceptors (Lipinski definition) is 5. The van der Waals surface area contributed by atoms with E-state index in [-0.39, 0.29) is 0 Å². The monoisotopic (exact) mass is 324 g/mol. The Labute approximate surface area is 138 Å². The van der Waals surface area contributed by atoms with E-state index in [2.05, 4.69) is 37.7 Å². The molecule has 1 atom stereocenters. The summed E-state index contributed by atoms with van der Waals surface area (Å²) in [7, 11) is 0. The van der Waals surface area contributed by atoms with Crippen molar-refractivity contribution >= 4 is 28.4 Å². The predicted octanol–water partition coefficient (Wildman–Crippen LogP) is 5.51. The molecule has 3 rings (SSSR count). The molecule has 0 bridgehead atoms. The molecule has 0 fully saturated rings. The predicted molar refractivity (Wildman–Crippen MR) is 95.0 cm³/mol. The number of aromatic nitrogens is 1. The molecule has 0 saturated carbocycles. The highest BCUT2D eigenvalue weighted by atomic mass is 32.1. The normalized spacial score (nSPS) is 17.1. The Morgan fingerprint density at radius 3 is 2.91 bits per heavy atom. The molecule has 1 heterocycles. The van der Waals surface area contributed by atoms with Gasteiger partial charge in [-0.15, -0.1) is 11.3 Å². The topological polar surface area (TPSA) is 86.0 Å². The maximum absolute atomic E-state index is 8.41. The van der Waals surface area contributed by atoms with Gasteiger partial charge in [-0.05, 0) is 30.7 Å². The van der Waals surface area contributed by atoms with Crippen LogP contribution in [0.3, 0.4) is 0 Å². The molecule has 1 N–H and O–H groups in total. The highest BCUT2D eigenvalue weighted by Gasteiger charge is 2.07. The lowest BCUT2D eigenvalue weighted by molar-refractivity contribution is 0.627. The Balaban J connectivity index is 1.62. The second-order valence-electron chi connectivity index (χ2n) is 5.21. The van der Waals surface area contributed by atoms with Crippen LogP contribution in [0.1, 0.15) is 19.3 Å². The van der Waals surface area contributed by atoms with Gasteiger partial charge < -0.3 is 0 Å². The maximum Gasteiger partial charge on any atom is 0.203 e. The summed E-state index contributed by atoms with van der Waals surface area (Å²) in [6.45, 7) is 0. The van der Waals surface area contributed by atoms with Crippen molar-refractivity contribution in [1.29, 1.82) is 0 Å². The molecule has 0 saturated heterocycles. The van der Waals surface area contributed by atoms with E-state index in [1.54, 1.807) is 12.1 Å². The van der Waals surface area contributed by atoms with Crippen LogP contribution >= 0.6 is 11.3 Å². The number of hydrogen-bond donors (Lipinski definition) is 1. The first-order valence-electron chi connectivity index (χ1n) is 7.40. The molecular weight excluding hydrogens is 308 g/mol. The molecule has 7 heteroatoms. The minimum Gasteiger partial charge on any atom is -0.253 e. The lowest BCUT2D eigenvalue weighted by Gasteiger charge is -2.11. The van der Waals surface area contributed by atoms with Crippen LogP contribution in [-0.4, -0.2) is 11.2 Å². The average molecular weight is 324 g/mol. The van der Waals surface area contributed by atoms with Crippen LogP contribution < -0.4 is 5.43 Å². The summed E-state index contributed by atoms with van der Waals surface area (Å²) in [4.78, 5) is 7.28. The van der Waals surface area contributed by atoms with E-state index < -0.39 is 0 Å². The maximum atomic E-state index is 8.41. The molecule has 1 aromatic heterocycles. The Morgan fingerprint density at radius 2 is 2.17 bits per heavy atom. The van der Waals surface area contributed by atoms with Crippen LogP contribution in [0.2, 0.25) is 0 Å². The SMILES string of the molecule is [N-]=[N+]=Nc1ccc(-c2csc(NN=CC3CC=CCC3)n2)cc1. The minimum atomic E-state index is 0.514. The molecule has 2 aromatic rings. The van der Waals surface area contributed by atoms with Gasteiger partial charge in [0.25, 0.3) is 0 Å². The lowest BCUT2D eigenvalue weighted by Crippen LogP contribution is -2.04. The summed E-state index contributed by atoms with van der Waals surface area (Å²) < 4.78 is 0. The first-order valence-corrected chi connectivity index (χ1v) is 8.28. The van der Waals surface area contributed by atoms with Gasteiger partial charge in [-0.25, -0.2) is 4.98 Å². The molecule has 0 aliphatic heterocycles. The molecule has 1 unspecified atom stereocenters. The second kappa shape index (κ2) is 7.58. The summed E-state index contributed by atoms with van der Waals surface area (Å²) in [5.41, 5.74) is 13.9. The molecule has 23 heavy (non-hydrogen) atoms. The van der Waals surface area contributed by atoms with Crippen molar-refractivity contribution in [2.75, 3.05) is 5.43 Å². The summed E-state index contributed by atoms with van der Waals surface area (Å²) in [5, 5.41) is 10.6. The zero-order chi connectivity index (χ0) is 15.9. The molecule has 1 aliphatic carbocycles. The van der Waals surface area contributed by atoms with Crippen molar-refractivity contribution in [3.63, 3.8) is 0 Å². The zero-order valence-corrected chi connectivity index (χ0v) is 13.3. The van der Waals surface area contributed by atoms with E-state index in [0.717, 1.165) is 35.7 Å². The number of thiazole rings is 1. The van der Waals surface area contributed by atoms with Crippen molar-refractivity contribution in [3.05, 3.63) is 52.2 Å². The van der Waals surface area contributed by atoms with Gasteiger partial charge in [0.2, 0.25) is 5.13 Å². The van der Waals surface area contributed by atoms with Crippen molar-refractivity contribution in [3.8, 4) is 11.3 Å². The van der Waals surface area contributed by atoms with Crippen LogP contribution in [0, 0.1) is 5.92 Å². The highest BCUT2D eigenvalue weighted by molar-refractivity contribution is 7.14. The van der Waals surface area contributed by atoms with E-state index >= 15 is 0 Å². The summed E-state index contributed by atoms with van der Waals surface area (Å²) in [6, 6.07) is 7.33. The van der Waals surface area contributed by atoms with Gasteiger partial charge in [0.05, 0.1) is 5.69 Å². The van der Waals surface area contributed by atoms with Gasteiger partial charge in [-0.2, -0.15) is 5.10 Å². The molecule has 6 nitrogen and oxygen atoms in total. The Kier molecular flexibility index (Phi) is 5.03. The van der Waals surface area contributed by atoms with Crippen LogP contribution in [0.15, 0.2) is 52.0 Å². The fourth-order valence-corrected chi connectivity index (χ4v) is 3.03. The van der Waals surface area contributed by atoms with Crippen LogP contribution in [0.25, 0.3) is 21.7 Å². The van der Waals surface area contributed by atoms with Crippen LogP contribution in [-0.2, 0) is 0 Å². The number of nitrogens with zero attached hydrogens (tertiary/aromatic N) is 5. The first-order chi connectivity index (χ1) is 11.3. The average Bonchev–Trinajstić information content (AvgIpc) is 3.06. The standard InChI is InChI=1S/C16H16N6S/c17-22-20-14-8-6-13(7-9-14)15-11-23-16(19-15)21-18-10-12-4-2-1-3-5-12/h1-2,6-12H,3-5H2,(H,19,21). The number of anilines is 1. The largest absolute Gasteiger partial charge is 0.253 e. The molecular formula is C16H16N6S. The highest BCUT2D eigenvalue weighted by Crippen LogP contribution is 2.26. The van der Waals surface area contributed by atoms with Crippen molar-refractivity contribution in [2.45, 2.75) is 19.3 Å². The quantitative estimate of drug-likeness (QED) is 0.196. The van der Waals surface area contributed by atoms with Crippen molar-refractivity contribution < 1.29 is 0 Å². The number of rotatable bonds is 5. The van der Waals surface area contributed by atoms with E-state index in [0.29, 0.717) is 11.6 Å². The molecule has 0 radical (unpaired) electrons. The van der Waals surface area contributed by atoms with Gasteiger partial charge >= 0.3 is 0 Å². The van der Waals surface area contributed by atoms with Crippen molar-refractivity contribution in [1.82, 2.24) is 4.98 Å². The summed E-state index contributed by atoms with van der Waals surface area (Å²) in [5.74, 6) is 0.514. The Hall–Kier alpha value is -2.63. The smallest absolute Gasteiger partial charge is 0.203 e. The third-order valence-electron chi connectivity index (χ3n) is 3.58. The first kappa shape index (κ1) is 15.3. The molecule has 0 amide bonds. The van der Waals surface area contributed by atoms with Crippen LogP contribution in [0.4, 0.5) is 10.8 Å². The van der Waals surface area contributed by atoms with Gasteiger partial charge in [-0.3, -0.25) is 5.43 Å². The molecule has 0 spiro atoms. The van der Waals surface area contributed by atoms with Gasteiger partial charge in [-0.1, -0.05) is 41.5 Å². The number of azide groups is 1. The fraction of sp³-hybridized carbons (Fsp3) is 0.250. The van der Waals surface area contributed by atoms with Crippen molar-refractivity contribution in [2.24, 2.45) is 16.1 Å². The number of nitrogens with one attached hydrogen (secondary N) is 1. The lowest BCUT2D eigenvalue weighted by atomic mass is 9.96. The number of hydrazone groups is 1. The Bertz CT molecular complexity index is 755. The second-order valence-corrected chi connectivity index (χ2v) is 6.07. The van der Waals surface area contributed by atoms with Crippen LogP contribution in [0.5, 0.6) is 0 Å². The summed E-state index contributed by atoms with van der Waals surface area (Å²) in [6.07, 6.45) is 9.75.